The molecule has 0 atom stereocenters. The third-order valence-corrected chi connectivity index (χ3v) is 3.94. The highest BCUT2D eigenvalue weighted by Crippen LogP contribution is 2.15. The first-order valence-corrected chi connectivity index (χ1v) is 8.45. The molecule has 2 N–H and O–H groups in total. The summed E-state index contributed by atoms with van der Waals surface area (Å²) in [6.07, 6.45) is 1.62. The van der Waals surface area contributed by atoms with E-state index in [9.17, 15) is 9.59 Å². The Morgan fingerprint density at radius 2 is 1.65 bits per heavy atom. The topological polar surface area (TPSA) is 61.4 Å². The summed E-state index contributed by atoms with van der Waals surface area (Å²) in [4.78, 5) is 25.8. The lowest BCUT2D eigenvalue weighted by atomic mass is 10.1. The first-order valence-electron chi connectivity index (χ1n) is 8.45. The van der Waals surface area contributed by atoms with Crippen molar-refractivity contribution in [2.45, 2.75) is 19.3 Å². The minimum Gasteiger partial charge on any atom is -0.326 e. The van der Waals surface area contributed by atoms with Gasteiger partial charge in [0, 0.05) is 24.8 Å². The zero-order valence-electron chi connectivity index (χ0n) is 15.2. The van der Waals surface area contributed by atoms with Crippen molar-refractivity contribution in [1.82, 2.24) is 5.32 Å². The predicted molar refractivity (Wildman–Crippen MR) is 109 cm³/mol. The van der Waals surface area contributed by atoms with Gasteiger partial charge in [-0.2, -0.15) is 0 Å². The Morgan fingerprint density at radius 1 is 1.00 bits per heavy atom. The van der Waals surface area contributed by atoms with Crippen molar-refractivity contribution >= 4 is 35.6 Å². The van der Waals surface area contributed by atoms with Gasteiger partial charge in [-0.1, -0.05) is 30.3 Å². The number of rotatable bonds is 8. The number of hydrogen-bond acceptors (Lipinski definition) is 3. The van der Waals surface area contributed by atoms with Gasteiger partial charge in [0.25, 0.3) is 0 Å². The fourth-order valence-corrected chi connectivity index (χ4v) is 2.44. The van der Waals surface area contributed by atoms with E-state index in [2.05, 4.69) is 10.6 Å². The van der Waals surface area contributed by atoms with Crippen molar-refractivity contribution < 1.29 is 9.59 Å². The zero-order valence-corrected chi connectivity index (χ0v) is 16.0. The SMILES string of the molecule is CNCCCC(=O)Nc1ccc(CC(=O)N(C)c2ccccc2)cc1.Cl. The molecule has 6 heteroatoms. The molecule has 2 aromatic carbocycles. The number of nitrogens with zero attached hydrogens (tertiary/aromatic N) is 1. The maximum Gasteiger partial charge on any atom is 0.231 e. The Morgan fingerprint density at radius 3 is 2.27 bits per heavy atom. The van der Waals surface area contributed by atoms with Crippen LogP contribution in [0.4, 0.5) is 11.4 Å². The molecule has 26 heavy (non-hydrogen) atoms. The van der Waals surface area contributed by atoms with E-state index in [1.165, 1.54) is 0 Å². The van der Waals surface area contributed by atoms with E-state index >= 15 is 0 Å². The van der Waals surface area contributed by atoms with Crippen molar-refractivity contribution in [2.75, 3.05) is 30.9 Å². The number of benzene rings is 2. The molecule has 5 nitrogen and oxygen atoms in total. The fraction of sp³-hybridized carbons (Fsp3) is 0.300. The lowest BCUT2D eigenvalue weighted by molar-refractivity contribution is -0.118. The van der Waals surface area contributed by atoms with Gasteiger partial charge >= 0.3 is 0 Å². The average molecular weight is 376 g/mol. The summed E-state index contributed by atoms with van der Waals surface area (Å²) >= 11 is 0. The summed E-state index contributed by atoms with van der Waals surface area (Å²) in [6, 6.07) is 17.0. The molecular formula is C20H26ClN3O2. The van der Waals surface area contributed by atoms with E-state index in [1.54, 1.807) is 11.9 Å². The van der Waals surface area contributed by atoms with Gasteiger partial charge in [-0.3, -0.25) is 9.59 Å². The minimum atomic E-state index is 0. The molecule has 140 valence electrons. The third-order valence-electron chi connectivity index (χ3n) is 3.94. The van der Waals surface area contributed by atoms with Crippen molar-refractivity contribution in [3.8, 4) is 0 Å². The number of halogens is 1. The quantitative estimate of drug-likeness (QED) is 0.696. The maximum absolute atomic E-state index is 12.4. The van der Waals surface area contributed by atoms with E-state index in [1.807, 2.05) is 61.6 Å². The monoisotopic (exact) mass is 375 g/mol. The molecule has 2 aromatic rings. The Labute approximate surface area is 161 Å². The van der Waals surface area contributed by atoms with Gasteiger partial charge in [0.2, 0.25) is 11.8 Å². The van der Waals surface area contributed by atoms with Crippen molar-refractivity contribution in [1.29, 1.82) is 0 Å². The molecule has 0 bridgehead atoms. The number of carbonyl (C=O) groups excluding carboxylic acids is 2. The Hall–Kier alpha value is -2.37. The number of amides is 2. The minimum absolute atomic E-state index is 0. The molecule has 2 amide bonds. The molecule has 0 aromatic heterocycles. The lowest BCUT2D eigenvalue weighted by Gasteiger charge is -2.17. The summed E-state index contributed by atoms with van der Waals surface area (Å²) in [7, 11) is 3.64. The molecule has 0 saturated heterocycles. The Kier molecular flexibility index (Phi) is 9.41. The standard InChI is InChI=1S/C20H25N3O2.ClH/c1-21-14-6-9-19(24)22-17-12-10-16(11-13-17)15-20(25)23(2)18-7-4-3-5-8-18;/h3-5,7-8,10-13,21H,6,9,14-15H2,1-2H3,(H,22,24);1H. The van der Waals surface area contributed by atoms with Crippen LogP contribution >= 0.6 is 12.4 Å². The van der Waals surface area contributed by atoms with Crippen LogP contribution < -0.4 is 15.5 Å². The van der Waals surface area contributed by atoms with Gasteiger partial charge in [-0.05, 0) is 49.8 Å². The first-order chi connectivity index (χ1) is 12.1. The molecular weight excluding hydrogens is 350 g/mol. The second-order valence-corrected chi connectivity index (χ2v) is 5.92. The molecule has 0 radical (unpaired) electrons. The maximum atomic E-state index is 12.4. The van der Waals surface area contributed by atoms with Gasteiger partial charge in [0.15, 0.2) is 0 Å². The number of nitrogens with one attached hydrogen (secondary N) is 2. The van der Waals surface area contributed by atoms with Gasteiger partial charge < -0.3 is 15.5 Å². The van der Waals surface area contributed by atoms with Crippen LogP contribution in [0.1, 0.15) is 18.4 Å². The largest absolute Gasteiger partial charge is 0.326 e. The average Bonchev–Trinajstić information content (AvgIpc) is 2.63. The van der Waals surface area contributed by atoms with Crippen LogP contribution in [0.25, 0.3) is 0 Å². The van der Waals surface area contributed by atoms with Crippen LogP contribution in [-0.4, -0.2) is 32.5 Å². The van der Waals surface area contributed by atoms with Crippen molar-refractivity contribution in [3.05, 3.63) is 60.2 Å². The van der Waals surface area contributed by atoms with E-state index in [4.69, 9.17) is 0 Å². The van der Waals surface area contributed by atoms with Gasteiger partial charge in [-0.15, -0.1) is 12.4 Å². The first kappa shape index (κ1) is 21.7. The molecule has 0 aliphatic heterocycles. The number of para-hydroxylation sites is 1. The molecule has 0 heterocycles. The lowest BCUT2D eigenvalue weighted by Crippen LogP contribution is -2.27. The number of carbonyl (C=O) groups is 2. The summed E-state index contributed by atoms with van der Waals surface area (Å²) < 4.78 is 0. The van der Waals surface area contributed by atoms with Gasteiger partial charge in [0.05, 0.1) is 6.42 Å². The third kappa shape index (κ3) is 6.86. The van der Waals surface area contributed by atoms with Crippen molar-refractivity contribution in [3.63, 3.8) is 0 Å². The summed E-state index contributed by atoms with van der Waals surface area (Å²) in [5, 5.41) is 5.89. The Bertz CT molecular complexity index is 690. The van der Waals surface area contributed by atoms with Gasteiger partial charge in [-0.25, -0.2) is 0 Å². The van der Waals surface area contributed by atoms with E-state index in [0.29, 0.717) is 12.8 Å². The predicted octanol–water partition coefficient (Wildman–Crippen LogP) is 3.25. The highest BCUT2D eigenvalue weighted by Gasteiger charge is 2.11. The van der Waals surface area contributed by atoms with Gasteiger partial charge in [0.1, 0.15) is 0 Å². The van der Waals surface area contributed by atoms with Crippen LogP contribution in [-0.2, 0) is 16.0 Å². The highest BCUT2D eigenvalue weighted by molar-refractivity contribution is 5.94. The molecule has 0 aliphatic carbocycles. The van der Waals surface area contributed by atoms with E-state index in [-0.39, 0.29) is 24.2 Å². The number of hydrogen-bond donors (Lipinski definition) is 2. The molecule has 0 saturated carbocycles. The number of likely N-dealkylation sites (N-methyl/N-ethyl adjacent to an activating group) is 1. The molecule has 0 fully saturated rings. The van der Waals surface area contributed by atoms with Crippen LogP contribution in [0.3, 0.4) is 0 Å². The summed E-state index contributed by atoms with van der Waals surface area (Å²) in [5.74, 6) is 0.0259. The second-order valence-electron chi connectivity index (χ2n) is 5.92. The second kappa shape index (κ2) is 11.3. The molecule has 2 rings (SSSR count). The number of anilines is 2. The molecule has 0 aliphatic rings. The molecule has 0 spiro atoms. The summed E-state index contributed by atoms with van der Waals surface area (Å²) in [5.41, 5.74) is 2.54. The van der Waals surface area contributed by atoms with Crippen LogP contribution in [0.2, 0.25) is 0 Å². The molecule has 0 unspecified atom stereocenters. The normalized spacial score (nSPS) is 9.92. The smallest absolute Gasteiger partial charge is 0.231 e. The fourth-order valence-electron chi connectivity index (χ4n) is 2.44. The zero-order chi connectivity index (χ0) is 18.1. The van der Waals surface area contributed by atoms with E-state index in [0.717, 1.165) is 29.9 Å². The Balaban J connectivity index is 0.00000338. The van der Waals surface area contributed by atoms with Crippen molar-refractivity contribution in [2.24, 2.45) is 0 Å². The van der Waals surface area contributed by atoms with Crippen LogP contribution in [0.5, 0.6) is 0 Å². The van der Waals surface area contributed by atoms with E-state index < -0.39 is 0 Å². The van der Waals surface area contributed by atoms with Crippen LogP contribution in [0.15, 0.2) is 54.6 Å². The highest BCUT2D eigenvalue weighted by atomic mass is 35.5. The summed E-state index contributed by atoms with van der Waals surface area (Å²) in [6.45, 7) is 0.823. The van der Waals surface area contributed by atoms with Crippen LogP contribution in [0, 0.1) is 0 Å².